The van der Waals surface area contributed by atoms with Gasteiger partial charge in [-0.25, -0.2) is 0 Å². The van der Waals surface area contributed by atoms with Gasteiger partial charge >= 0.3 is 0 Å². The van der Waals surface area contributed by atoms with Gasteiger partial charge in [-0.3, -0.25) is 4.79 Å². The molecule has 3 aromatic carbocycles. The molecule has 29 heavy (non-hydrogen) atoms. The smallest absolute Gasteiger partial charge is 0.287 e. The van der Waals surface area contributed by atoms with Gasteiger partial charge in [0.15, 0.2) is 5.76 Å². The second kappa shape index (κ2) is 8.65. The molecule has 0 spiro atoms. The third-order valence-electron chi connectivity index (χ3n) is 4.90. The van der Waals surface area contributed by atoms with Crippen molar-refractivity contribution in [3.8, 4) is 5.75 Å². The van der Waals surface area contributed by atoms with E-state index in [1.165, 1.54) is 5.39 Å². The van der Waals surface area contributed by atoms with Crippen molar-refractivity contribution < 1.29 is 13.9 Å². The zero-order chi connectivity index (χ0) is 20.1. The Hall–Kier alpha value is -3.53. The summed E-state index contributed by atoms with van der Waals surface area (Å²) in [6.45, 7) is 2.31. The van der Waals surface area contributed by atoms with Crippen LogP contribution in [0.1, 0.15) is 41.3 Å². The van der Waals surface area contributed by atoms with Gasteiger partial charge in [-0.2, -0.15) is 0 Å². The molecule has 4 aromatic rings. The molecule has 0 saturated carbocycles. The molecular formula is C25H23NO3. The number of benzene rings is 3. The highest BCUT2D eigenvalue weighted by molar-refractivity contribution is 5.91. The van der Waals surface area contributed by atoms with Crippen LogP contribution in [-0.4, -0.2) is 5.91 Å². The summed E-state index contributed by atoms with van der Waals surface area (Å²) in [4.78, 5) is 12.6. The molecule has 4 nitrogen and oxygen atoms in total. The third kappa shape index (κ3) is 4.49. The molecule has 0 aliphatic rings. The van der Waals surface area contributed by atoms with Crippen molar-refractivity contribution in [2.45, 2.75) is 26.0 Å². The molecule has 0 aliphatic carbocycles. The van der Waals surface area contributed by atoms with Gasteiger partial charge in [-0.05, 0) is 47.0 Å². The maximum Gasteiger partial charge on any atom is 0.287 e. The van der Waals surface area contributed by atoms with Crippen LogP contribution in [0.5, 0.6) is 5.75 Å². The Bertz CT molecular complexity index is 1100. The molecule has 1 amide bonds. The summed E-state index contributed by atoms with van der Waals surface area (Å²) in [7, 11) is 0. The monoisotopic (exact) mass is 385 g/mol. The average Bonchev–Trinajstić information content (AvgIpc) is 3.25. The van der Waals surface area contributed by atoms with E-state index >= 15 is 0 Å². The van der Waals surface area contributed by atoms with Gasteiger partial charge in [0.2, 0.25) is 0 Å². The fourth-order valence-corrected chi connectivity index (χ4v) is 3.32. The minimum Gasteiger partial charge on any atom is -0.486 e. The number of furan rings is 1. The number of ether oxygens (including phenoxy) is 1. The number of hydrogen-bond acceptors (Lipinski definition) is 3. The molecule has 1 N–H and O–H groups in total. The standard InChI is InChI=1S/C25H23NO3/c1-2-23(19-9-4-3-5-10-19)26-25(27)24-15-14-22(29-24)17-28-21-13-12-18-8-6-7-11-20(18)16-21/h3-16,23H,2,17H2,1H3,(H,26,27). The molecule has 0 aliphatic heterocycles. The van der Waals surface area contributed by atoms with Crippen molar-refractivity contribution in [3.05, 3.63) is 102 Å². The number of amides is 1. The molecule has 146 valence electrons. The summed E-state index contributed by atoms with van der Waals surface area (Å²) < 4.78 is 11.5. The van der Waals surface area contributed by atoms with Crippen LogP contribution in [0, 0.1) is 0 Å². The minimum absolute atomic E-state index is 0.0499. The highest BCUT2D eigenvalue weighted by Crippen LogP contribution is 2.22. The van der Waals surface area contributed by atoms with E-state index in [0.29, 0.717) is 5.76 Å². The molecule has 0 bridgehead atoms. The second-order valence-corrected chi connectivity index (χ2v) is 6.91. The van der Waals surface area contributed by atoms with Gasteiger partial charge in [0.05, 0.1) is 6.04 Å². The highest BCUT2D eigenvalue weighted by Gasteiger charge is 2.17. The average molecular weight is 385 g/mol. The first-order valence-corrected chi connectivity index (χ1v) is 9.79. The molecule has 1 atom stereocenters. The lowest BCUT2D eigenvalue weighted by atomic mass is 10.0. The summed E-state index contributed by atoms with van der Waals surface area (Å²) in [6.07, 6.45) is 0.800. The molecule has 1 heterocycles. The number of fused-ring (bicyclic) bond motifs is 1. The van der Waals surface area contributed by atoms with E-state index in [9.17, 15) is 4.79 Å². The summed E-state index contributed by atoms with van der Waals surface area (Å²) in [5, 5.41) is 5.32. The van der Waals surface area contributed by atoms with Crippen LogP contribution in [0.2, 0.25) is 0 Å². The van der Waals surface area contributed by atoms with Crippen LogP contribution in [0.25, 0.3) is 10.8 Å². The molecule has 0 saturated heterocycles. The van der Waals surface area contributed by atoms with Crippen LogP contribution in [-0.2, 0) is 6.61 Å². The topological polar surface area (TPSA) is 51.5 Å². The van der Waals surface area contributed by atoms with E-state index in [-0.39, 0.29) is 24.3 Å². The predicted octanol–water partition coefficient (Wildman–Crippen LogP) is 5.89. The van der Waals surface area contributed by atoms with Crippen LogP contribution in [0.15, 0.2) is 89.3 Å². The van der Waals surface area contributed by atoms with Crippen LogP contribution in [0.4, 0.5) is 0 Å². The maximum absolute atomic E-state index is 12.6. The Kier molecular flexibility index (Phi) is 5.61. The predicted molar refractivity (Wildman–Crippen MR) is 114 cm³/mol. The summed E-state index contributed by atoms with van der Waals surface area (Å²) >= 11 is 0. The number of carbonyl (C=O) groups is 1. The molecule has 4 rings (SSSR count). The van der Waals surface area contributed by atoms with Crippen molar-refractivity contribution >= 4 is 16.7 Å². The number of carbonyl (C=O) groups excluding carboxylic acids is 1. The fourth-order valence-electron chi connectivity index (χ4n) is 3.32. The summed E-state index contributed by atoms with van der Waals surface area (Å²) in [6, 6.07) is 27.4. The van der Waals surface area contributed by atoms with Crippen molar-refractivity contribution in [2.75, 3.05) is 0 Å². The minimum atomic E-state index is -0.224. The Balaban J connectivity index is 1.39. The van der Waals surface area contributed by atoms with Crippen molar-refractivity contribution in [1.82, 2.24) is 5.32 Å². The normalized spacial score (nSPS) is 11.9. The number of rotatable bonds is 7. The fraction of sp³-hybridized carbons (Fsp3) is 0.160. The maximum atomic E-state index is 12.6. The zero-order valence-electron chi connectivity index (χ0n) is 16.3. The van der Waals surface area contributed by atoms with E-state index in [1.54, 1.807) is 12.1 Å². The Morgan fingerprint density at radius 2 is 1.69 bits per heavy atom. The quantitative estimate of drug-likeness (QED) is 0.431. The van der Waals surface area contributed by atoms with E-state index in [0.717, 1.165) is 23.1 Å². The number of nitrogens with one attached hydrogen (secondary N) is 1. The van der Waals surface area contributed by atoms with Gasteiger partial charge in [0.1, 0.15) is 18.1 Å². The lowest BCUT2D eigenvalue weighted by Gasteiger charge is -2.16. The van der Waals surface area contributed by atoms with Crippen LogP contribution >= 0.6 is 0 Å². The zero-order valence-corrected chi connectivity index (χ0v) is 16.3. The SMILES string of the molecule is CCC(NC(=O)c1ccc(COc2ccc3ccccc3c2)o1)c1ccccc1. The first-order valence-electron chi connectivity index (χ1n) is 9.79. The molecular weight excluding hydrogens is 362 g/mol. The Morgan fingerprint density at radius 1 is 0.931 bits per heavy atom. The van der Waals surface area contributed by atoms with Gasteiger partial charge in [0.25, 0.3) is 5.91 Å². The molecule has 0 fully saturated rings. The van der Waals surface area contributed by atoms with Crippen molar-refractivity contribution in [2.24, 2.45) is 0 Å². The Morgan fingerprint density at radius 3 is 2.48 bits per heavy atom. The summed E-state index contributed by atoms with van der Waals surface area (Å²) in [5.74, 6) is 1.44. The molecule has 1 unspecified atom stereocenters. The van der Waals surface area contributed by atoms with E-state index < -0.39 is 0 Å². The number of hydrogen-bond donors (Lipinski definition) is 1. The van der Waals surface area contributed by atoms with Crippen molar-refractivity contribution in [3.63, 3.8) is 0 Å². The van der Waals surface area contributed by atoms with E-state index in [1.807, 2.05) is 67.6 Å². The van der Waals surface area contributed by atoms with E-state index in [4.69, 9.17) is 9.15 Å². The largest absolute Gasteiger partial charge is 0.486 e. The Labute approximate surface area is 170 Å². The van der Waals surface area contributed by atoms with Crippen LogP contribution in [0.3, 0.4) is 0 Å². The van der Waals surface area contributed by atoms with Gasteiger partial charge in [0, 0.05) is 0 Å². The summed E-state index contributed by atoms with van der Waals surface area (Å²) in [5.41, 5.74) is 1.08. The molecule has 1 aromatic heterocycles. The van der Waals surface area contributed by atoms with Gasteiger partial charge in [-0.15, -0.1) is 0 Å². The molecule has 4 heteroatoms. The lowest BCUT2D eigenvalue weighted by Crippen LogP contribution is -2.27. The van der Waals surface area contributed by atoms with Gasteiger partial charge < -0.3 is 14.5 Å². The molecule has 0 radical (unpaired) electrons. The first kappa shape index (κ1) is 18.8. The second-order valence-electron chi connectivity index (χ2n) is 6.91. The van der Waals surface area contributed by atoms with Gasteiger partial charge in [-0.1, -0.05) is 67.6 Å². The van der Waals surface area contributed by atoms with E-state index in [2.05, 4.69) is 17.4 Å². The third-order valence-corrected chi connectivity index (χ3v) is 4.90. The van der Waals surface area contributed by atoms with Crippen molar-refractivity contribution in [1.29, 1.82) is 0 Å². The first-order chi connectivity index (χ1) is 14.2. The highest BCUT2D eigenvalue weighted by atomic mass is 16.5. The van der Waals surface area contributed by atoms with Crippen LogP contribution < -0.4 is 10.1 Å². The lowest BCUT2D eigenvalue weighted by molar-refractivity contribution is 0.0903.